The van der Waals surface area contributed by atoms with Gasteiger partial charge in [-0.15, -0.1) is 22.7 Å². The molecule has 0 radical (unpaired) electrons. The first kappa shape index (κ1) is 15.7. The second kappa shape index (κ2) is 6.33. The molecule has 5 rings (SSSR count). The fraction of sp³-hybridized carbons (Fsp3) is 0.294. The molecule has 1 fully saturated rings. The molecule has 0 bridgehead atoms. The minimum absolute atomic E-state index is 0.0298. The fourth-order valence-corrected chi connectivity index (χ4v) is 5.05. The summed E-state index contributed by atoms with van der Waals surface area (Å²) in [5, 5.41) is 5.17. The van der Waals surface area contributed by atoms with Crippen LogP contribution in [-0.2, 0) is 0 Å². The number of fused-ring (bicyclic) bond motifs is 3. The van der Waals surface area contributed by atoms with Crippen molar-refractivity contribution in [2.24, 2.45) is 0 Å². The Bertz CT molecular complexity index is 1070. The fourth-order valence-electron chi connectivity index (χ4n) is 3.35. The minimum atomic E-state index is -0.0298. The third kappa shape index (κ3) is 2.73. The number of nitrogens with one attached hydrogen (secondary N) is 1. The molecule has 0 aliphatic carbocycles. The number of piperidine rings is 1. The molecule has 0 aromatic carbocycles. The normalized spacial score (nSPS) is 17.8. The molecule has 1 amide bonds. The molecule has 1 aliphatic heterocycles. The zero-order valence-corrected chi connectivity index (χ0v) is 15.5. The molecule has 132 valence electrons. The van der Waals surface area contributed by atoms with Gasteiger partial charge in [0.2, 0.25) is 5.95 Å². The SMILES string of the molecule is O=C(NC1CCCN(c2ncccn2)C1)c1cc2c(nc3sccn32)s1. The summed E-state index contributed by atoms with van der Waals surface area (Å²) in [4.78, 5) is 30.6. The van der Waals surface area contributed by atoms with Crippen molar-refractivity contribution in [2.75, 3.05) is 18.0 Å². The number of carbonyl (C=O) groups excluding carboxylic acids is 1. The summed E-state index contributed by atoms with van der Waals surface area (Å²) in [6.07, 6.45) is 7.46. The van der Waals surface area contributed by atoms with Gasteiger partial charge in [-0.3, -0.25) is 9.20 Å². The summed E-state index contributed by atoms with van der Waals surface area (Å²) < 4.78 is 2.03. The highest BCUT2D eigenvalue weighted by atomic mass is 32.1. The average molecular weight is 384 g/mol. The van der Waals surface area contributed by atoms with Crippen molar-refractivity contribution >= 4 is 49.8 Å². The zero-order valence-electron chi connectivity index (χ0n) is 13.8. The maximum absolute atomic E-state index is 12.7. The molecule has 26 heavy (non-hydrogen) atoms. The maximum atomic E-state index is 12.7. The van der Waals surface area contributed by atoms with Crippen molar-refractivity contribution in [1.29, 1.82) is 0 Å². The summed E-state index contributed by atoms with van der Waals surface area (Å²) in [6.45, 7) is 1.65. The van der Waals surface area contributed by atoms with Gasteiger partial charge in [0.15, 0.2) is 4.96 Å². The van der Waals surface area contributed by atoms with E-state index >= 15 is 0 Å². The van der Waals surface area contributed by atoms with Crippen molar-refractivity contribution < 1.29 is 4.79 Å². The predicted octanol–water partition coefficient (Wildman–Crippen LogP) is 2.80. The molecular formula is C17H16N6OS2. The van der Waals surface area contributed by atoms with Gasteiger partial charge in [0.25, 0.3) is 5.91 Å². The van der Waals surface area contributed by atoms with Crippen molar-refractivity contribution in [3.63, 3.8) is 0 Å². The molecule has 1 saturated heterocycles. The van der Waals surface area contributed by atoms with E-state index in [0.29, 0.717) is 4.88 Å². The number of thiazole rings is 1. The Morgan fingerprint density at radius 2 is 2.19 bits per heavy atom. The lowest BCUT2D eigenvalue weighted by Gasteiger charge is -2.32. The van der Waals surface area contributed by atoms with Crippen LogP contribution >= 0.6 is 22.7 Å². The van der Waals surface area contributed by atoms with Crippen LogP contribution in [0.25, 0.3) is 15.3 Å². The van der Waals surface area contributed by atoms with Gasteiger partial charge in [-0.25, -0.2) is 15.0 Å². The Morgan fingerprint density at radius 3 is 3.08 bits per heavy atom. The van der Waals surface area contributed by atoms with Crippen LogP contribution < -0.4 is 10.2 Å². The van der Waals surface area contributed by atoms with Crippen molar-refractivity contribution in [3.8, 4) is 0 Å². The number of hydrogen-bond acceptors (Lipinski definition) is 7. The maximum Gasteiger partial charge on any atom is 0.261 e. The van der Waals surface area contributed by atoms with Crippen molar-refractivity contribution in [1.82, 2.24) is 24.7 Å². The zero-order chi connectivity index (χ0) is 17.5. The third-order valence-corrected chi connectivity index (χ3v) is 6.33. The Balaban J connectivity index is 1.32. The third-order valence-electron chi connectivity index (χ3n) is 4.56. The Labute approximate surface area is 157 Å². The number of amides is 1. The molecular weight excluding hydrogens is 368 g/mol. The summed E-state index contributed by atoms with van der Waals surface area (Å²) in [5.74, 6) is 0.694. The van der Waals surface area contributed by atoms with E-state index in [1.807, 2.05) is 28.1 Å². The standard InChI is InChI=1S/C17H16N6OS2/c24-14(13-9-12-15(26-13)21-17-23(12)7-8-25-17)20-11-3-1-6-22(10-11)16-18-4-2-5-19-16/h2,4-5,7-9,11H,1,3,6,10H2,(H,20,24). The van der Waals surface area contributed by atoms with E-state index in [2.05, 4.69) is 25.2 Å². The number of aromatic nitrogens is 4. The van der Waals surface area contributed by atoms with E-state index in [9.17, 15) is 4.79 Å². The van der Waals surface area contributed by atoms with Crippen LogP contribution in [0.1, 0.15) is 22.5 Å². The minimum Gasteiger partial charge on any atom is -0.347 e. The summed E-state index contributed by atoms with van der Waals surface area (Å²) in [6, 6.07) is 3.84. The molecule has 1 unspecified atom stereocenters. The monoisotopic (exact) mass is 384 g/mol. The van der Waals surface area contributed by atoms with Crippen LogP contribution in [-0.4, -0.2) is 44.4 Å². The number of hydrogen-bond donors (Lipinski definition) is 1. The first-order valence-electron chi connectivity index (χ1n) is 8.46. The van der Waals surface area contributed by atoms with Crippen LogP contribution in [0.5, 0.6) is 0 Å². The van der Waals surface area contributed by atoms with Crippen molar-refractivity contribution in [3.05, 3.63) is 41.0 Å². The van der Waals surface area contributed by atoms with E-state index in [0.717, 1.165) is 47.2 Å². The van der Waals surface area contributed by atoms with Crippen LogP contribution in [0, 0.1) is 0 Å². The average Bonchev–Trinajstić information content (AvgIpc) is 3.35. The van der Waals surface area contributed by atoms with Gasteiger partial charge in [-0.2, -0.15) is 0 Å². The molecule has 1 aliphatic rings. The van der Waals surface area contributed by atoms with Gasteiger partial charge in [0.1, 0.15) is 4.83 Å². The molecule has 1 N–H and O–H groups in total. The Kier molecular flexibility index (Phi) is 3.83. The van der Waals surface area contributed by atoms with E-state index < -0.39 is 0 Å². The molecule has 0 spiro atoms. The highest BCUT2D eigenvalue weighted by molar-refractivity contribution is 7.21. The van der Waals surface area contributed by atoms with Crippen LogP contribution in [0.2, 0.25) is 0 Å². The Hall–Kier alpha value is -2.52. The molecule has 5 heterocycles. The number of thiophene rings is 1. The molecule has 1 atom stereocenters. The first-order chi connectivity index (χ1) is 12.8. The summed E-state index contributed by atoms with van der Waals surface area (Å²) >= 11 is 3.05. The lowest BCUT2D eigenvalue weighted by molar-refractivity contribution is 0.0937. The summed E-state index contributed by atoms with van der Waals surface area (Å²) in [5.41, 5.74) is 0.999. The Morgan fingerprint density at radius 1 is 1.31 bits per heavy atom. The molecule has 0 saturated carbocycles. The van der Waals surface area contributed by atoms with Gasteiger partial charge in [-0.05, 0) is 25.0 Å². The van der Waals surface area contributed by atoms with Gasteiger partial charge in [0, 0.05) is 43.1 Å². The van der Waals surface area contributed by atoms with Gasteiger partial charge < -0.3 is 10.2 Å². The second-order valence-corrected chi connectivity index (χ2v) is 8.18. The molecule has 4 aromatic rings. The molecule has 7 nitrogen and oxygen atoms in total. The van der Waals surface area contributed by atoms with E-state index in [1.165, 1.54) is 11.3 Å². The number of anilines is 1. The van der Waals surface area contributed by atoms with E-state index in [1.54, 1.807) is 23.7 Å². The number of carbonyl (C=O) groups is 1. The lowest BCUT2D eigenvalue weighted by Crippen LogP contribution is -2.48. The number of rotatable bonds is 3. The highest BCUT2D eigenvalue weighted by Crippen LogP contribution is 2.28. The first-order valence-corrected chi connectivity index (χ1v) is 10.2. The number of nitrogens with zero attached hydrogens (tertiary/aromatic N) is 5. The van der Waals surface area contributed by atoms with E-state index in [4.69, 9.17) is 0 Å². The predicted molar refractivity (Wildman–Crippen MR) is 103 cm³/mol. The molecule has 4 aromatic heterocycles. The van der Waals surface area contributed by atoms with E-state index in [-0.39, 0.29) is 11.9 Å². The largest absolute Gasteiger partial charge is 0.347 e. The van der Waals surface area contributed by atoms with Gasteiger partial charge >= 0.3 is 0 Å². The smallest absolute Gasteiger partial charge is 0.261 e. The highest BCUT2D eigenvalue weighted by Gasteiger charge is 2.24. The van der Waals surface area contributed by atoms with Gasteiger partial charge in [-0.1, -0.05) is 0 Å². The van der Waals surface area contributed by atoms with Gasteiger partial charge in [0.05, 0.1) is 10.4 Å². The topological polar surface area (TPSA) is 75.4 Å². The quantitative estimate of drug-likeness (QED) is 0.588. The second-order valence-electron chi connectivity index (χ2n) is 6.28. The lowest BCUT2D eigenvalue weighted by atomic mass is 10.1. The number of imidazole rings is 1. The summed E-state index contributed by atoms with van der Waals surface area (Å²) in [7, 11) is 0. The molecule has 9 heteroatoms. The van der Waals surface area contributed by atoms with Crippen LogP contribution in [0.3, 0.4) is 0 Å². The van der Waals surface area contributed by atoms with Crippen molar-refractivity contribution in [2.45, 2.75) is 18.9 Å². The van der Waals surface area contributed by atoms with Crippen LogP contribution in [0.15, 0.2) is 36.1 Å². The van der Waals surface area contributed by atoms with Crippen LogP contribution in [0.4, 0.5) is 5.95 Å².